The maximum Gasteiger partial charge on any atom is 0.250 e. The van der Waals surface area contributed by atoms with Crippen LogP contribution in [-0.2, 0) is 26.2 Å². The molecule has 0 unspecified atom stereocenters. The van der Waals surface area contributed by atoms with Crippen molar-refractivity contribution in [2.75, 3.05) is 42.6 Å². The fraction of sp³-hybridized carbons (Fsp3) is 0.463. The zero-order chi connectivity index (χ0) is 35.9. The van der Waals surface area contributed by atoms with Crippen molar-refractivity contribution in [3.63, 3.8) is 0 Å². The lowest BCUT2D eigenvalue weighted by molar-refractivity contribution is -0.123. The number of nitrogens with one attached hydrogen (secondary N) is 1. The second-order valence-electron chi connectivity index (χ2n) is 15.3. The third kappa shape index (κ3) is 7.25. The maximum atomic E-state index is 14.8. The Morgan fingerprint density at radius 3 is 2.49 bits per heavy atom. The van der Waals surface area contributed by atoms with Gasteiger partial charge >= 0.3 is 0 Å². The van der Waals surface area contributed by atoms with E-state index in [0.717, 1.165) is 73.8 Å². The molecule has 3 aromatic carbocycles. The van der Waals surface area contributed by atoms with Crippen LogP contribution in [0.4, 0.5) is 24.5 Å². The largest absolute Gasteiger partial charge is 0.484 e. The second-order valence-corrected chi connectivity index (χ2v) is 15.3. The minimum atomic E-state index is -0.897. The first-order chi connectivity index (χ1) is 24.4. The van der Waals surface area contributed by atoms with Crippen LogP contribution in [0.25, 0.3) is 0 Å². The van der Waals surface area contributed by atoms with Crippen molar-refractivity contribution in [2.24, 2.45) is 5.92 Å². The van der Waals surface area contributed by atoms with Gasteiger partial charge in [-0.2, -0.15) is 0 Å². The summed E-state index contributed by atoms with van der Waals surface area (Å²) < 4.78 is 54.4. The van der Waals surface area contributed by atoms with E-state index in [4.69, 9.17) is 9.47 Å². The first-order valence-corrected chi connectivity index (χ1v) is 18.1. The van der Waals surface area contributed by atoms with Crippen molar-refractivity contribution < 1.29 is 32.2 Å². The van der Waals surface area contributed by atoms with Crippen LogP contribution in [0, 0.1) is 23.4 Å². The number of hydrogen-bond donors (Lipinski definition) is 1. The molecule has 10 heteroatoms. The molecule has 7 rings (SSSR count). The van der Waals surface area contributed by atoms with Crippen LogP contribution < -0.4 is 19.9 Å². The molecule has 7 nitrogen and oxygen atoms in total. The second kappa shape index (κ2) is 14.0. The van der Waals surface area contributed by atoms with Gasteiger partial charge in [0.05, 0.1) is 12.2 Å². The van der Waals surface area contributed by atoms with Crippen molar-refractivity contribution >= 4 is 23.2 Å². The van der Waals surface area contributed by atoms with E-state index in [9.17, 15) is 22.8 Å². The van der Waals surface area contributed by atoms with Crippen molar-refractivity contribution in [1.82, 2.24) is 5.32 Å². The van der Waals surface area contributed by atoms with Crippen LogP contribution in [0.15, 0.2) is 67.3 Å². The highest BCUT2D eigenvalue weighted by atomic mass is 19.2. The molecule has 0 bridgehead atoms. The topological polar surface area (TPSA) is 71.1 Å². The molecule has 51 heavy (non-hydrogen) atoms. The lowest BCUT2D eigenvalue weighted by Gasteiger charge is -2.43. The van der Waals surface area contributed by atoms with Crippen molar-refractivity contribution in [2.45, 2.75) is 81.8 Å². The number of ether oxygens (including phenoxy) is 2. The van der Waals surface area contributed by atoms with E-state index in [-0.39, 0.29) is 47.3 Å². The molecule has 2 saturated heterocycles. The number of piperidine rings is 1. The summed E-state index contributed by atoms with van der Waals surface area (Å²) in [5.41, 5.74) is 3.57. The van der Waals surface area contributed by atoms with Gasteiger partial charge in [0, 0.05) is 50.5 Å². The van der Waals surface area contributed by atoms with Crippen molar-refractivity contribution in [3.8, 4) is 5.75 Å². The lowest BCUT2D eigenvalue weighted by Crippen LogP contribution is -2.49. The van der Waals surface area contributed by atoms with E-state index in [0.29, 0.717) is 37.5 Å². The fourth-order valence-electron chi connectivity index (χ4n) is 8.85. The Kier molecular flexibility index (Phi) is 9.65. The lowest BCUT2D eigenvalue weighted by atomic mass is 9.73. The number of nitrogens with zero attached hydrogens (tertiary/aromatic N) is 2. The minimum Gasteiger partial charge on any atom is -0.484 e. The zero-order valence-corrected chi connectivity index (χ0v) is 29.4. The first kappa shape index (κ1) is 35.1. The number of rotatable bonds is 8. The first-order valence-electron chi connectivity index (χ1n) is 18.1. The van der Waals surface area contributed by atoms with Crippen LogP contribution in [0.5, 0.6) is 5.75 Å². The highest BCUT2D eigenvalue weighted by Crippen LogP contribution is 2.53. The Balaban J connectivity index is 1.06. The number of carbonyl (C=O) groups excluding carboxylic acids is 2. The van der Waals surface area contributed by atoms with Gasteiger partial charge in [0.2, 0.25) is 5.91 Å². The number of anilines is 2. The summed E-state index contributed by atoms with van der Waals surface area (Å²) >= 11 is 0. The van der Waals surface area contributed by atoms with Gasteiger partial charge in [0.1, 0.15) is 17.2 Å². The van der Waals surface area contributed by atoms with Gasteiger partial charge in [-0.05, 0) is 129 Å². The third-order valence-corrected chi connectivity index (χ3v) is 11.4. The van der Waals surface area contributed by atoms with Gasteiger partial charge in [-0.3, -0.25) is 9.59 Å². The van der Waals surface area contributed by atoms with Crippen LogP contribution >= 0.6 is 0 Å². The molecule has 3 aromatic rings. The highest BCUT2D eigenvalue weighted by Gasteiger charge is 2.46. The Morgan fingerprint density at radius 2 is 1.76 bits per heavy atom. The molecule has 3 heterocycles. The molecule has 270 valence electrons. The van der Waals surface area contributed by atoms with Gasteiger partial charge in [-0.15, -0.1) is 0 Å². The molecule has 4 aliphatic rings. The normalized spacial score (nSPS) is 21.4. The molecule has 2 amide bonds. The summed E-state index contributed by atoms with van der Waals surface area (Å²) in [6, 6.07) is 14.6. The number of hydrogen-bond acceptors (Lipinski definition) is 5. The SMILES string of the molecule is C=CC(=O)N1CC(C)(C)Oc2cc(N3CCC4(CC3)C[C@@H](CC(=O)N[C@H](Cc3ccc(F)c(F)c3)C3CCOCC3)c3ccc(F)cc34)ccc21. The quantitative estimate of drug-likeness (QED) is 0.249. The standard InChI is InChI=1S/C41H46F3N3O4/c1-4-39(49)47-25-40(2,3)51-37-23-30(7-10-36(37)47)46-15-13-41(14-16-46)24-28(31-8-6-29(42)22-32(31)41)21-38(48)45-35(27-11-17-50-18-12-27)20-26-5-9-33(43)34(44)19-26/h4-10,19,22-23,27-28,35H,1,11-18,20-21,24-25H2,2-3H3,(H,45,48)/t28-,35-/m1/s1. The summed E-state index contributed by atoms with van der Waals surface area (Å²) in [5, 5.41) is 3.27. The van der Waals surface area contributed by atoms with Gasteiger partial charge < -0.3 is 24.6 Å². The Morgan fingerprint density at radius 1 is 1.00 bits per heavy atom. The maximum absolute atomic E-state index is 14.8. The molecule has 1 aliphatic carbocycles. The molecule has 3 aliphatic heterocycles. The minimum absolute atomic E-state index is 0.0708. The van der Waals surface area contributed by atoms with Crippen LogP contribution in [0.2, 0.25) is 0 Å². The molecule has 1 spiro atoms. The van der Waals surface area contributed by atoms with Crippen molar-refractivity contribution in [1.29, 1.82) is 0 Å². The number of amides is 2. The third-order valence-electron chi connectivity index (χ3n) is 11.4. The van der Waals surface area contributed by atoms with E-state index in [1.807, 2.05) is 38.1 Å². The Bertz CT molecular complexity index is 1820. The zero-order valence-electron chi connectivity index (χ0n) is 29.4. The highest BCUT2D eigenvalue weighted by molar-refractivity contribution is 6.02. The molecule has 1 N–H and O–H groups in total. The summed E-state index contributed by atoms with van der Waals surface area (Å²) in [5.74, 6) is -1.59. The van der Waals surface area contributed by atoms with Gasteiger partial charge in [-0.25, -0.2) is 13.2 Å². The number of carbonyl (C=O) groups is 2. The smallest absolute Gasteiger partial charge is 0.250 e. The average Bonchev–Trinajstić information content (AvgIpc) is 3.39. The van der Waals surface area contributed by atoms with Crippen LogP contribution in [0.3, 0.4) is 0 Å². The van der Waals surface area contributed by atoms with E-state index >= 15 is 0 Å². The number of halogens is 3. The molecule has 2 atom stereocenters. The summed E-state index contributed by atoms with van der Waals surface area (Å²) in [6.45, 7) is 10.7. The molecule has 0 saturated carbocycles. The summed E-state index contributed by atoms with van der Waals surface area (Å²) in [4.78, 5) is 30.5. The number of fused-ring (bicyclic) bond motifs is 3. The Hall–Kier alpha value is -4.31. The van der Waals surface area contributed by atoms with Gasteiger partial charge in [-0.1, -0.05) is 18.7 Å². The van der Waals surface area contributed by atoms with Gasteiger partial charge in [0.25, 0.3) is 5.91 Å². The van der Waals surface area contributed by atoms with Crippen molar-refractivity contribution in [3.05, 3.63) is 101 Å². The average molecular weight is 702 g/mol. The van der Waals surface area contributed by atoms with E-state index in [1.54, 1.807) is 17.0 Å². The molecular weight excluding hydrogens is 655 g/mol. The molecular formula is C41H46F3N3O4. The summed E-state index contributed by atoms with van der Waals surface area (Å²) in [7, 11) is 0. The monoisotopic (exact) mass is 701 g/mol. The fourth-order valence-corrected chi connectivity index (χ4v) is 8.85. The van der Waals surface area contributed by atoms with E-state index in [1.165, 1.54) is 18.2 Å². The van der Waals surface area contributed by atoms with Crippen LogP contribution in [-0.4, -0.2) is 56.3 Å². The van der Waals surface area contributed by atoms with Gasteiger partial charge in [0.15, 0.2) is 11.6 Å². The predicted molar refractivity (Wildman–Crippen MR) is 191 cm³/mol. The Labute approximate surface area is 297 Å². The summed E-state index contributed by atoms with van der Waals surface area (Å²) in [6.07, 6.45) is 5.88. The number of benzene rings is 3. The van der Waals surface area contributed by atoms with E-state index < -0.39 is 17.2 Å². The molecule has 0 radical (unpaired) electrons. The molecule has 2 fully saturated rings. The molecule has 0 aromatic heterocycles. The van der Waals surface area contributed by atoms with E-state index in [2.05, 4.69) is 16.8 Å². The van der Waals surface area contributed by atoms with Crippen LogP contribution in [0.1, 0.15) is 75.0 Å². The predicted octanol–water partition coefficient (Wildman–Crippen LogP) is 7.36.